The van der Waals surface area contributed by atoms with Gasteiger partial charge < -0.3 is 9.15 Å². The summed E-state index contributed by atoms with van der Waals surface area (Å²) < 4.78 is 10.7. The first kappa shape index (κ1) is 11.2. The van der Waals surface area contributed by atoms with E-state index in [9.17, 15) is 4.79 Å². The number of hydrogen-bond donors (Lipinski definition) is 0. The van der Waals surface area contributed by atoms with E-state index in [0.717, 1.165) is 0 Å². The van der Waals surface area contributed by atoms with Gasteiger partial charge in [0.2, 0.25) is 5.88 Å². The van der Waals surface area contributed by atoms with Crippen LogP contribution in [0.25, 0.3) is 0 Å². The molecule has 0 unspecified atom stereocenters. The van der Waals surface area contributed by atoms with Gasteiger partial charge in [-0.25, -0.2) is 4.90 Å². The predicted molar refractivity (Wildman–Crippen MR) is 66.1 cm³/mol. The van der Waals surface area contributed by atoms with Crippen LogP contribution in [0.3, 0.4) is 0 Å². The molecule has 2 rings (SSSR count). The Morgan fingerprint density at radius 3 is 3.12 bits per heavy atom. The SMILES string of the molecule is CCOC=C1SC(=S)N(c2ccco2)C1=O. The van der Waals surface area contributed by atoms with Gasteiger partial charge in [-0.1, -0.05) is 24.0 Å². The molecule has 1 fully saturated rings. The number of thioether (sulfide) groups is 1. The molecule has 1 aliphatic heterocycles. The maximum atomic E-state index is 11.9. The Morgan fingerprint density at radius 2 is 2.50 bits per heavy atom. The lowest BCUT2D eigenvalue weighted by molar-refractivity contribution is -0.113. The summed E-state index contributed by atoms with van der Waals surface area (Å²) in [4.78, 5) is 13.8. The third-order valence-electron chi connectivity index (χ3n) is 1.88. The van der Waals surface area contributed by atoms with Gasteiger partial charge >= 0.3 is 0 Å². The summed E-state index contributed by atoms with van der Waals surface area (Å²) in [5, 5.41) is 0. The van der Waals surface area contributed by atoms with Crippen molar-refractivity contribution in [1.82, 2.24) is 0 Å². The first-order valence-electron chi connectivity index (χ1n) is 4.65. The summed E-state index contributed by atoms with van der Waals surface area (Å²) in [5.74, 6) is 0.223. The van der Waals surface area contributed by atoms with Gasteiger partial charge in [-0.15, -0.1) is 0 Å². The van der Waals surface area contributed by atoms with Gasteiger partial charge in [-0.05, 0) is 13.0 Å². The number of ether oxygens (including phenoxy) is 1. The summed E-state index contributed by atoms with van der Waals surface area (Å²) in [6.07, 6.45) is 2.93. The van der Waals surface area contributed by atoms with Gasteiger partial charge in [0.15, 0.2) is 4.32 Å². The molecule has 0 aromatic carbocycles. The fraction of sp³-hybridized carbons (Fsp3) is 0.200. The third-order valence-corrected chi connectivity index (χ3v) is 3.16. The van der Waals surface area contributed by atoms with Crippen molar-refractivity contribution in [2.24, 2.45) is 0 Å². The minimum Gasteiger partial charge on any atom is -0.500 e. The van der Waals surface area contributed by atoms with Crippen LogP contribution in [0.2, 0.25) is 0 Å². The average Bonchev–Trinajstić information content (AvgIpc) is 2.85. The van der Waals surface area contributed by atoms with Crippen LogP contribution in [0, 0.1) is 0 Å². The highest BCUT2D eigenvalue weighted by molar-refractivity contribution is 8.27. The molecule has 0 spiro atoms. The van der Waals surface area contributed by atoms with Crippen molar-refractivity contribution in [3.05, 3.63) is 29.6 Å². The van der Waals surface area contributed by atoms with Crippen molar-refractivity contribution in [2.75, 3.05) is 11.5 Å². The average molecular weight is 255 g/mol. The van der Waals surface area contributed by atoms with Gasteiger partial charge in [0, 0.05) is 6.07 Å². The molecule has 1 amide bonds. The molecule has 2 heterocycles. The summed E-state index contributed by atoms with van der Waals surface area (Å²) in [6.45, 7) is 2.37. The van der Waals surface area contributed by atoms with E-state index in [2.05, 4.69) is 0 Å². The van der Waals surface area contributed by atoms with Crippen LogP contribution < -0.4 is 4.90 Å². The molecule has 0 atom stereocenters. The molecular weight excluding hydrogens is 246 g/mol. The zero-order chi connectivity index (χ0) is 11.5. The highest BCUT2D eigenvalue weighted by Crippen LogP contribution is 2.34. The van der Waals surface area contributed by atoms with E-state index in [1.165, 1.54) is 29.2 Å². The predicted octanol–water partition coefficient (Wildman–Crippen LogP) is 2.52. The highest BCUT2D eigenvalue weighted by Gasteiger charge is 2.35. The van der Waals surface area contributed by atoms with Crippen molar-refractivity contribution >= 4 is 40.1 Å². The van der Waals surface area contributed by atoms with Crippen molar-refractivity contribution in [3.8, 4) is 0 Å². The number of nitrogens with zero attached hydrogens (tertiary/aromatic N) is 1. The molecular formula is C10H9NO3S2. The van der Waals surface area contributed by atoms with E-state index in [1.807, 2.05) is 6.92 Å². The summed E-state index contributed by atoms with van der Waals surface area (Å²) in [5.41, 5.74) is 0. The first-order valence-corrected chi connectivity index (χ1v) is 5.88. The topological polar surface area (TPSA) is 42.7 Å². The first-order chi connectivity index (χ1) is 7.74. The standard InChI is InChI=1S/C10H9NO3S2/c1-2-13-6-7-9(12)11(10(15)16-7)8-4-3-5-14-8/h3-6H,2H2,1H3. The molecule has 84 valence electrons. The van der Waals surface area contributed by atoms with Gasteiger partial charge in [-0.2, -0.15) is 0 Å². The van der Waals surface area contributed by atoms with Crippen molar-refractivity contribution < 1.29 is 13.9 Å². The fourth-order valence-electron chi connectivity index (χ4n) is 1.20. The smallest absolute Gasteiger partial charge is 0.276 e. The molecule has 0 aliphatic carbocycles. The van der Waals surface area contributed by atoms with Crippen LogP contribution in [0.1, 0.15) is 6.92 Å². The Bertz CT molecular complexity index is 439. The zero-order valence-electron chi connectivity index (χ0n) is 8.50. The largest absolute Gasteiger partial charge is 0.500 e. The lowest BCUT2D eigenvalue weighted by Crippen LogP contribution is -2.26. The number of hydrogen-bond acceptors (Lipinski definition) is 5. The van der Waals surface area contributed by atoms with Gasteiger partial charge in [0.1, 0.15) is 11.2 Å². The maximum absolute atomic E-state index is 11.9. The van der Waals surface area contributed by atoms with Crippen LogP contribution in [0.4, 0.5) is 5.88 Å². The van der Waals surface area contributed by atoms with Gasteiger partial charge in [0.05, 0.1) is 12.9 Å². The molecule has 0 radical (unpaired) electrons. The summed E-state index contributed by atoms with van der Waals surface area (Å²) in [6, 6.07) is 3.40. The molecule has 1 aliphatic rings. The minimum absolute atomic E-state index is 0.210. The second-order valence-corrected chi connectivity index (χ2v) is 4.57. The number of furan rings is 1. The van der Waals surface area contributed by atoms with Crippen molar-refractivity contribution in [1.29, 1.82) is 0 Å². The molecule has 16 heavy (non-hydrogen) atoms. The molecule has 1 saturated heterocycles. The third kappa shape index (κ3) is 1.98. The molecule has 0 saturated carbocycles. The van der Waals surface area contributed by atoms with E-state index in [0.29, 0.717) is 21.7 Å². The number of carbonyl (C=O) groups excluding carboxylic acids is 1. The van der Waals surface area contributed by atoms with E-state index >= 15 is 0 Å². The number of thiocarbonyl (C=S) groups is 1. The van der Waals surface area contributed by atoms with Crippen LogP contribution in [0.5, 0.6) is 0 Å². The van der Waals surface area contributed by atoms with Gasteiger partial charge in [-0.3, -0.25) is 4.79 Å². The Hall–Kier alpha value is -1.27. The lowest BCUT2D eigenvalue weighted by Gasteiger charge is -2.09. The summed E-state index contributed by atoms with van der Waals surface area (Å²) >= 11 is 6.31. The van der Waals surface area contributed by atoms with Crippen LogP contribution in [0.15, 0.2) is 34.0 Å². The second-order valence-electron chi connectivity index (χ2n) is 2.90. The number of anilines is 1. The molecule has 0 bridgehead atoms. The van der Waals surface area contributed by atoms with Crippen molar-refractivity contribution in [2.45, 2.75) is 6.92 Å². The molecule has 1 aromatic heterocycles. The van der Waals surface area contributed by atoms with Crippen LogP contribution in [-0.4, -0.2) is 16.8 Å². The number of amides is 1. The Kier molecular flexibility index (Phi) is 3.31. The molecule has 4 nitrogen and oxygen atoms in total. The zero-order valence-corrected chi connectivity index (χ0v) is 10.1. The van der Waals surface area contributed by atoms with E-state index in [1.54, 1.807) is 12.1 Å². The van der Waals surface area contributed by atoms with Gasteiger partial charge in [0.25, 0.3) is 5.91 Å². The Balaban J connectivity index is 2.24. The lowest BCUT2D eigenvalue weighted by atomic mass is 10.5. The van der Waals surface area contributed by atoms with E-state index in [4.69, 9.17) is 21.4 Å². The minimum atomic E-state index is -0.210. The normalized spacial score (nSPS) is 18.6. The van der Waals surface area contributed by atoms with Crippen LogP contribution in [-0.2, 0) is 9.53 Å². The Morgan fingerprint density at radius 1 is 1.69 bits per heavy atom. The van der Waals surface area contributed by atoms with Crippen molar-refractivity contribution in [3.63, 3.8) is 0 Å². The quantitative estimate of drug-likeness (QED) is 0.471. The molecule has 0 N–H and O–H groups in total. The fourth-order valence-corrected chi connectivity index (χ4v) is 2.39. The highest BCUT2D eigenvalue weighted by atomic mass is 32.2. The van der Waals surface area contributed by atoms with Crippen LogP contribution >= 0.6 is 24.0 Å². The summed E-state index contributed by atoms with van der Waals surface area (Å²) in [7, 11) is 0. The Labute approximate surface area is 102 Å². The van der Waals surface area contributed by atoms with E-state index < -0.39 is 0 Å². The second kappa shape index (κ2) is 4.71. The molecule has 1 aromatic rings. The number of carbonyl (C=O) groups is 1. The number of rotatable bonds is 3. The molecule has 6 heteroatoms. The monoisotopic (exact) mass is 255 g/mol. The van der Waals surface area contributed by atoms with E-state index in [-0.39, 0.29) is 5.91 Å². The maximum Gasteiger partial charge on any atom is 0.276 e.